The minimum Gasteiger partial charge on any atom is -0.495 e. The number of para-hydroxylation sites is 2. The number of hydrogen-bond acceptors (Lipinski definition) is 4. The quantitative estimate of drug-likeness (QED) is 0.545. The maximum atomic E-state index is 13.3. The van der Waals surface area contributed by atoms with Crippen molar-refractivity contribution in [2.45, 2.75) is 13.3 Å². The van der Waals surface area contributed by atoms with E-state index in [1.807, 2.05) is 66.4 Å². The number of anilines is 2. The molecule has 3 aromatic carbocycles. The monoisotopic (exact) mass is 495 g/mol. The number of fused-ring (bicyclic) bond motifs is 1. The van der Waals surface area contributed by atoms with Crippen LogP contribution in [0.2, 0.25) is 0 Å². The first kappa shape index (κ1) is 22.1. The first-order valence-corrected chi connectivity index (χ1v) is 11.5. The van der Waals surface area contributed by atoms with Crippen LogP contribution in [-0.4, -0.2) is 50.0 Å². The Bertz CT molecular complexity index is 1160. The fourth-order valence-electron chi connectivity index (χ4n) is 4.12. The Morgan fingerprint density at radius 3 is 2.44 bits per heavy atom. The molecule has 1 saturated heterocycles. The van der Waals surface area contributed by atoms with Gasteiger partial charge >= 0.3 is 0 Å². The summed E-state index contributed by atoms with van der Waals surface area (Å²) >= 11 is 3.60. The van der Waals surface area contributed by atoms with Crippen LogP contribution in [0.5, 0.6) is 5.75 Å². The summed E-state index contributed by atoms with van der Waals surface area (Å²) in [5.74, 6) is 0.450. The van der Waals surface area contributed by atoms with Gasteiger partial charge < -0.3 is 19.9 Å². The van der Waals surface area contributed by atoms with E-state index >= 15 is 0 Å². The van der Waals surface area contributed by atoms with Crippen molar-refractivity contribution < 1.29 is 14.3 Å². The highest BCUT2D eigenvalue weighted by Crippen LogP contribution is 2.37. The Hall–Kier alpha value is -3.06. The van der Waals surface area contributed by atoms with Crippen molar-refractivity contribution in [1.29, 1.82) is 0 Å². The molecule has 32 heavy (non-hydrogen) atoms. The van der Waals surface area contributed by atoms with Gasteiger partial charge in [0.25, 0.3) is 5.91 Å². The van der Waals surface area contributed by atoms with Crippen molar-refractivity contribution >= 4 is 49.9 Å². The van der Waals surface area contributed by atoms with Crippen LogP contribution in [0.15, 0.2) is 59.1 Å². The third kappa shape index (κ3) is 4.30. The van der Waals surface area contributed by atoms with Gasteiger partial charge in [0.2, 0.25) is 5.91 Å². The molecule has 1 N–H and O–H groups in total. The molecule has 0 aliphatic carbocycles. The smallest absolute Gasteiger partial charge is 0.259 e. The normalized spacial score (nSPS) is 13.8. The van der Waals surface area contributed by atoms with Gasteiger partial charge in [0.15, 0.2) is 0 Å². The highest BCUT2D eigenvalue weighted by atomic mass is 79.9. The standard InChI is InChI=1S/C25H26BrN3O3/c1-3-22(30)29-14-12-28(13-15-29)21-11-7-6-10-20(21)27-25(31)19-16-17-8-4-5-9-18(17)23(26)24(19)32-2/h4-11,16H,3,12-15H2,1-2H3,(H,27,31). The number of benzene rings is 3. The lowest BCUT2D eigenvalue weighted by molar-refractivity contribution is -0.131. The molecule has 7 heteroatoms. The molecular formula is C25H26BrN3O3. The van der Waals surface area contributed by atoms with E-state index in [1.165, 1.54) is 0 Å². The lowest BCUT2D eigenvalue weighted by atomic mass is 10.0. The number of ether oxygens (including phenoxy) is 1. The lowest BCUT2D eigenvalue weighted by Crippen LogP contribution is -2.48. The predicted octanol–water partition coefficient (Wildman–Crippen LogP) is 4.92. The molecule has 0 atom stereocenters. The fraction of sp³-hybridized carbons (Fsp3) is 0.280. The van der Waals surface area contributed by atoms with Gasteiger partial charge in [0.1, 0.15) is 5.75 Å². The lowest BCUT2D eigenvalue weighted by Gasteiger charge is -2.36. The van der Waals surface area contributed by atoms with E-state index in [1.54, 1.807) is 7.11 Å². The number of nitrogens with one attached hydrogen (secondary N) is 1. The van der Waals surface area contributed by atoms with Crippen molar-refractivity contribution in [3.05, 3.63) is 64.6 Å². The summed E-state index contributed by atoms with van der Waals surface area (Å²) in [5.41, 5.74) is 2.15. The first-order chi connectivity index (χ1) is 15.5. The zero-order chi connectivity index (χ0) is 22.7. The van der Waals surface area contributed by atoms with Gasteiger partial charge in [-0.15, -0.1) is 0 Å². The molecule has 2 amide bonds. The van der Waals surface area contributed by atoms with E-state index in [2.05, 4.69) is 26.1 Å². The minimum absolute atomic E-state index is 0.181. The maximum absolute atomic E-state index is 13.3. The second kappa shape index (κ2) is 9.61. The zero-order valence-corrected chi connectivity index (χ0v) is 19.8. The number of hydrogen-bond donors (Lipinski definition) is 1. The minimum atomic E-state index is -0.236. The molecule has 0 saturated carbocycles. The molecule has 6 nitrogen and oxygen atoms in total. The third-order valence-electron chi connectivity index (χ3n) is 5.82. The van der Waals surface area contributed by atoms with Gasteiger partial charge in [-0.3, -0.25) is 9.59 Å². The Kier molecular flexibility index (Phi) is 6.65. The summed E-state index contributed by atoms with van der Waals surface area (Å²) in [6.07, 6.45) is 0.524. The van der Waals surface area contributed by atoms with E-state index in [0.717, 1.165) is 39.7 Å². The van der Waals surface area contributed by atoms with Gasteiger partial charge in [0.05, 0.1) is 28.5 Å². The summed E-state index contributed by atoms with van der Waals surface area (Å²) < 4.78 is 6.34. The van der Waals surface area contributed by atoms with E-state index < -0.39 is 0 Å². The molecule has 166 valence electrons. The van der Waals surface area contributed by atoms with Crippen molar-refractivity contribution in [3.8, 4) is 5.75 Å². The summed E-state index contributed by atoms with van der Waals surface area (Å²) in [4.78, 5) is 29.4. The molecule has 1 aliphatic heterocycles. The number of carbonyl (C=O) groups excluding carboxylic acids is 2. The van der Waals surface area contributed by atoms with Crippen LogP contribution in [-0.2, 0) is 4.79 Å². The number of halogens is 1. The maximum Gasteiger partial charge on any atom is 0.259 e. The molecule has 0 bridgehead atoms. The topological polar surface area (TPSA) is 61.9 Å². The highest BCUT2D eigenvalue weighted by Gasteiger charge is 2.23. The zero-order valence-electron chi connectivity index (χ0n) is 18.2. The number of carbonyl (C=O) groups is 2. The number of rotatable bonds is 5. The molecule has 4 rings (SSSR count). The van der Waals surface area contributed by atoms with Crippen LogP contribution in [0.3, 0.4) is 0 Å². The fourth-order valence-corrected chi connectivity index (χ4v) is 4.85. The van der Waals surface area contributed by atoms with E-state index in [0.29, 0.717) is 30.8 Å². The summed E-state index contributed by atoms with van der Waals surface area (Å²) in [6, 6.07) is 17.5. The SMILES string of the molecule is CCC(=O)N1CCN(c2ccccc2NC(=O)c2cc3ccccc3c(Br)c2OC)CC1. The molecule has 0 unspecified atom stereocenters. The average Bonchev–Trinajstić information content (AvgIpc) is 2.84. The van der Waals surface area contributed by atoms with E-state index in [9.17, 15) is 9.59 Å². The summed E-state index contributed by atoms with van der Waals surface area (Å²) in [6.45, 7) is 4.70. The molecule has 1 fully saturated rings. The van der Waals surface area contributed by atoms with Gasteiger partial charge in [-0.05, 0) is 44.9 Å². The molecule has 3 aromatic rings. The number of piperazine rings is 1. The van der Waals surface area contributed by atoms with Gasteiger partial charge in [0, 0.05) is 32.6 Å². The number of nitrogens with zero attached hydrogens (tertiary/aromatic N) is 2. The Morgan fingerprint density at radius 1 is 1.03 bits per heavy atom. The van der Waals surface area contributed by atoms with Crippen LogP contribution in [0.25, 0.3) is 10.8 Å². The number of methoxy groups -OCH3 is 1. The predicted molar refractivity (Wildman–Crippen MR) is 132 cm³/mol. The van der Waals surface area contributed by atoms with Crippen LogP contribution < -0.4 is 15.0 Å². The van der Waals surface area contributed by atoms with Crippen molar-refractivity contribution in [3.63, 3.8) is 0 Å². The first-order valence-electron chi connectivity index (χ1n) is 10.7. The highest BCUT2D eigenvalue weighted by molar-refractivity contribution is 9.10. The van der Waals surface area contributed by atoms with Crippen LogP contribution in [0.1, 0.15) is 23.7 Å². The van der Waals surface area contributed by atoms with Crippen molar-refractivity contribution in [1.82, 2.24) is 4.90 Å². The molecule has 0 spiro atoms. The largest absolute Gasteiger partial charge is 0.495 e. The van der Waals surface area contributed by atoms with Gasteiger partial charge in [-0.25, -0.2) is 0 Å². The Labute approximate surface area is 196 Å². The Morgan fingerprint density at radius 2 is 1.72 bits per heavy atom. The third-order valence-corrected chi connectivity index (χ3v) is 6.60. The van der Waals surface area contributed by atoms with Gasteiger partial charge in [-0.1, -0.05) is 43.3 Å². The molecule has 0 aromatic heterocycles. The molecule has 0 radical (unpaired) electrons. The van der Waals surface area contributed by atoms with E-state index in [-0.39, 0.29) is 11.8 Å². The van der Waals surface area contributed by atoms with Gasteiger partial charge in [-0.2, -0.15) is 0 Å². The average molecular weight is 496 g/mol. The molecule has 1 aliphatic rings. The van der Waals surface area contributed by atoms with Crippen molar-refractivity contribution in [2.75, 3.05) is 43.5 Å². The number of amides is 2. The summed E-state index contributed by atoms with van der Waals surface area (Å²) in [7, 11) is 1.57. The second-order valence-electron chi connectivity index (χ2n) is 7.69. The molecule has 1 heterocycles. The molecular weight excluding hydrogens is 470 g/mol. The van der Waals surface area contributed by atoms with Crippen LogP contribution in [0, 0.1) is 0 Å². The Balaban J connectivity index is 1.60. The van der Waals surface area contributed by atoms with Crippen LogP contribution >= 0.6 is 15.9 Å². The van der Waals surface area contributed by atoms with E-state index in [4.69, 9.17) is 4.74 Å². The van der Waals surface area contributed by atoms with Crippen LogP contribution in [0.4, 0.5) is 11.4 Å². The summed E-state index contributed by atoms with van der Waals surface area (Å²) in [5, 5.41) is 5.01. The second-order valence-corrected chi connectivity index (χ2v) is 8.48. The van der Waals surface area contributed by atoms with Crippen molar-refractivity contribution in [2.24, 2.45) is 0 Å².